The summed E-state index contributed by atoms with van der Waals surface area (Å²) in [6, 6.07) is 3.49. The number of terminal acetylenes is 2. The second-order valence-corrected chi connectivity index (χ2v) is 4.00. The number of aromatic amines is 1. The van der Waals surface area contributed by atoms with Gasteiger partial charge in [-0.3, -0.25) is 0 Å². The van der Waals surface area contributed by atoms with Gasteiger partial charge in [0.05, 0.1) is 12.1 Å². The summed E-state index contributed by atoms with van der Waals surface area (Å²) < 4.78 is 0. The molecule has 18 heavy (non-hydrogen) atoms. The van der Waals surface area contributed by atoms with Gasteiger partial charge < -0.3 is 15.4 Å². The highest BCUT2D eigenvalue weighted by molar-refractivity contribution is 5.86. The van der Waals surface area contributed by atoms with Gasteiger partial charge in [-0.2, -0.15) is 0 Å². The van der Waals surface area contributed by atoms with Crippen molar-refractivity contribution >= 4 is 10.9 Å². The molecule has 1 aromatic carbocycles. The van der Waals surface area contributed by atoms with Gasteiger partial charge in [-0.25, -0.2) is 0 Å². The van der Waals surface area contributed by atoms with Crippen LogP contribution in [0.1, 0.15) is 11.1 Å². The molecule has 3 heteroatoms. The first-order chi connectivity index (χ1) is 8.76. The monoisotopic (exact) mass is 238 g/mol. The normalized spacial score (nSPS) is 10.1. The molecule has 0 atom stereocenters. The zero-order chi connectivity index (χ0) is 13.0. The Hall–Kier alpha value is -2.36. The number of aromatic nitrogens is 1. The van der Waals surface area contributed by atoms with E-state index in [0.717, 1.165) is 29.4 Å². The number of fused-ring (bicyclic) bond motifs is 1. The predicted octanol–water partition coefficient (Wildman–Crippen LogP) is 1.62. The molecule has 1 heterocycles. The molecule has 2 aromatic rings. The molecule has 3 N–H and O–H groups in total. The molecule has 2 rings (SSSR count). The topological polar surface area (TPSA) is 48.0 Å². The summed E-state index contributed by atoms with van der Waals surface area (Å²) in [5.74, 6) is 5.12. The molecule has 0 aliphatic rings. The Morgan fingerprint density at radius 2 is 2.17 bits per heavy atom. The smallest absolute Gasteiger partial charge is 0.131 e. The zero-order valence-electron chi connectivity index (χ0n) is 9.96. The van der Waals surface area contributed by atoms with E-state index in [2.05, 4.69) is 22.1 Å². The average Bonchev–Trinajstić information content (AvgIpc) is 2.76. The highest BCUT2D eigenvalue weighted by atomic mass is 16.3. The number of hydrogen-bond acceptors (Lipinski definition) is 2. The van der Waals surface area contributed by atoms with Crippen molar-refractivity contribution in [2.75, 3.05) is 13.1 Å². The van der Waals surface area contributed by atoms with Gasteiger partial charge in [0.1, 0.15) is 5.75 Å². The molecule has 0 saturated heterocycles. The van der Waals surface area contributed by atoms with E-state index in [1.807, 2.05) is 6.20 Å². The van der Waals surface area contributed by atoms with Crippen molar-refractivity contribution in [2.45, 2.75) is 6.42 Å². The third-order valence-electron chi connectivity index (χ3n) is 2.84. The number of nitrogens with one attached hydrogen (secondary N) is 2. The summed E-state index contributed by atoms with van der Waals surface area (Å²) in [7, 11) is 0. The molecule has 1 aromatic heterocycles. The van der Waals surface area contributed by atoms with E-state index < -0.39 is 0 Å². The molecule has 0 aliphatic heterocycles. The number of benzene rings is 1. The number of phenols is 1. The number of H-pyrrole nitrogens is 1. The van der Waals surface area contributed by atoms with Crippen molar-refractivity contribution in [3.05, 3.63) is 29.5 Å². The van der Waals surface area contributed by atoms with Crippen LogP contribution in [0.2, 0.25) is 0 Å². The van der Waals surface area contributed by atoms with E-state index in [4.69, 9.17) is 12.8 Å². The molecule has 0 unspecified atom stereocenters. The third-order valence-corrected chi connectivity index (χ3v) is 2.84. The lowest BCUT2D eigenvalue weighted by Gasteiger charge is -2.02. The molecule has 90 valence electrons. The first kappa shape index (κ1) is 12.1. The fourth-order valence-electron chi connectivity index (χ4n) is 1.92. The van der Waals surface area contributed by atoms with Crippen LogP contribution in [-0.2, 0) is 6.42 Å². The van der Waals surface area contributed by atoms with Crippen LogP contribution < -0.4 is 5.32 Å². The zero-order valence-corrected chi connectivity index (χ0v) is 9.96. The molecule has 0 spiro atoms. The Balaban J connectivity index is 2.23. The quantitative estimate of drug-likeness (QED) is 0.560. The Bertz CT molecular complexity index is 641. The Labute approximate surface area is 106 Å². The van der Waals surface area contributed by atoms with Gasteiger partial charge in [-0.15, -0.1) is 12.8 Å². The first-order valence-electron chi connectivity index (χ1n) is 5.70. The lowest BCUT2D eigenvalue weighted by Crippen LogP contribution is -2.16. The molecule has 0 bridgehead atoms. The standard InChI is InChI=1S/C15H14N2O/c1-3-6-16-7-5-12-10-17-14-8-11(4-2)15(18)9-13(12)14/h1-2,8-10,16-18H,5-7H2. The van der Waals surface area contributed by atoms with Crippen molar-refractivity contribution in [3.8, 4) is 30.4 Å². The molecular formula is C15H14N2O. The van der Waals surface area contributed by atoms with E-state index in [-0.39, 0.29) is 5.75 Å². The lowest BCUT2D eigenvalue weighted by molar-refractivity contribution is 0.474. The van der Waals surface area contributed by atoms with Crippen LogP contribution in [-0.4, -0.2) is 23.2 Å². The molecule has 0 radical (unpaired) electrons. The second kappa shape index (κ2) is 5.31. The predicted molar refractivity (Wildman–Crippen MR) is 73.3 cm³/mol. The highest BCUT2D eigenvalue weighted by Gasteiger charge is 2.07. The van der Waals surface area contributed by atoms with Crippen LogP contribution in [0.5, 0.6) is 5.75 Å². The summed E-state index contributed by atoms with van der Waals surface area (Å²) >= 11 is 0. The summed E-state index contributed by atoms with van der Waals surface area (Å²) in [5.41, 5.74) is 2.57. The SMILES string of the molecule is C#CCNCCc1c[nH]c2cc(C#C)c(O)cc12. The van der Waals surface area contributed by atoms with Crippen molar-refractivity contribution in [1.29, 1.82) is 0 Å². The van der Waals surface area contributed by atoms with Gasteiger partial charge in [-0.1, -0.05) is 11.8 Å². The molecule has 0 amide bonds. The summed E-state index contributed by atoms with van der Waals surface area (Å²) in [6.07, 6.45) is 13.2. The van der Waals surface area contributed by atoms with Crippen molar-refractivity contribution < 1.29 is 5.11 Å². The Kier molecular flexibility index (Phi) is 3.57. The number of aromatic hydroxyl groups is 1. The Morgan fingerprint density at radius 3 is 2.89 bits per heavy atom. The maximum absolute atomic E-state index is 9.76. The van der Waals surface area contributed by atoms with Gasteiger partial charge in [0.15, 0.2) is 0 Å². The molecule has 3 nitrogen and oxygen atoms in total. The van der Waals surface area contributed by atoms with Crippen LogP contribution in [0.25, 0.3) is 10.9 Å². The van der Waals surface area contributed by atoms with E-state index in [0.29, 0.717) is 12.1 Å². The fourth-order valence-corrected chi connectivity index (χ4v) is 1.92. The van der Waals surface area contributed by atoms with Crippen LogP contribution in [0.3, 0.4) is 0 Å². The summed E-state index contributed by atoms with van der Waals surface area (Å²) in [5, 5.41) is 13.9. The van der Waals surface area contributed by atoms with Crippen LogP contribution >= 0.6 is 0 Å². The van der Waals surface area contributed by atoms with Crippen LogP contribution in [0, 0.1) is 24.7 Å². The van der Waals surface area contributed by atoms with E-state index in [1.165, 1.54) is 0 Å². The van der Waals surface area contributed by atoms with Crippen LogP contribution in [0.4, 0.5) is 0 Å². The number of rotatable bonds is 4. The largest absolute Gasteiger partial charge is 0.507 e. The molecular weight excluding hydrogens is 224 g/mol. The van der Waals surface area contributed by atoms with E-state index in [1.54, 1.807) is 12.1 Å². The van der Waals surface area contributed by atoms with Gasteiger partial charge in [-0.05, 0) is 24.1 Å². The summed E-state index contributed by atoms with van der Waals surface area (Å²) in [6.45, 7) is 1.36. The lowest BCUT2D eigenvalue weighted by atomic mass is 10.1. The number of hydrogen-bond donors (Lipinski definition) is 3. The third kappa shape index (κ3) is 2.32. The second-order valence-electron chi connectivity index (χ2n) is 4.00. The minimum Gasteiger partial charge on any atom is -0.507 e. The highest BCUT2D eigenvalue weighted by Crippen LogP contribution is 2.26. The molecule has 0 fully saturated rings. The van der Waals surface area contributed by atoms with Crippen LogP contribution in [0.15, 0.2) is 18.3 Å². The molecule has 0 saturated carbocycles. The Morgan fingerprint density at radius 1 is 1.33 bits per heavy atom. The molecule has 0 aliphatic carbocycles. The maximum atomic E-state index is 9.76. The maximum Gasteiger partial charge on any atom is 0.131 e. The van der Waals surface area contributed by atoms with Crippen molar-refractivity contribution in [1.82, 2.24) is 10.3 Å². The minimum absolute atomic E-state index is 0.141. The first-order valence-corrected chi connectivity index (χ1v) is 5.70. The van der Waals surface area contributed by atoms with Gasteiger partial charge in [0, 0.05) is 23.6 Å². The summed E-state index contributed by atoms with van der Waals surface area (Å²) in [4.78, 5) is 3.16. The van der Waals surface area contributed by atoms with E-state index >= 15 is 0 Å². The van der Waals surface area contributed by atoms with Gasteiger partial charge in [0.25, 0.3) is 0 Å². The van der Waals surface area contributed by atoms with Gasteiger partial charge >= 0.3 is 0 Å². The van der Waals surface area contributed by atoms with E-state index in [9.17, 15) is 5.11 Å². The van der Waals surface area contributed by atoms with Crippen molar-refractivity contribution in [3.63, 3.8) is 0 Å². The van der Waals surface area contributed by atoms with Gasteiger partial charge in [0.2, 0.25) is 0 Å². The minimum atomic E-state index is 0.141. The fraction of sp³-hybridized carbons (Fsp3) is 0.200. The number of phenolic OH excluding ortho intramolecular Hbond substituents is 1. The van der Waals surface area contributed by atoms with Crippen molar-refractivity contribution in [2.24, 2.45) is 0 Å². The average molecular weight is 238 g/mol.